The van der Waals surface area contributed by atoms with Gasteiger partial charge < -0.3 is 9.80 Å². The van der Waals surface area contributed by atoms with E-state index in [2.05, 4.69) is 17.0 Å². The molecule has 3 nitrogen and oxygen atoms in total. The topological polar surface area (TPSA) is 23.6 Å². The molecule has 1 saturated heterocycles. The summed E-state index contributed by atoms with van der Waals surface area (Å²) in [7, 11) is 2.01. The van der Waals surface area contributed by atoms with Gasteiger partial charge in [-0.1, -0.05) is 18.2 Å². The van der Waals surface area contributed by atoms with E-state index in [1.807, 2.05) is 30.1 Å². The number of benzene rings is 1. The molecule has 1 aromatic carbocycles. The second-order valence-electron chi connectivity index (χ2n) is 3.94. The first kappa shape index (κ1) is 10.0. The van der Waals surface area contributed by atoms with Gasteiger partial charge in [-0.15, -0.1) is 0 Å². The lowest BCUT2D eigenvalue weighted by Crippen LogP contribution is -2.36. The molecular formula is C12H16N2O. The van der Waals surface area contributed by atoms with Crippen molar-refractivity contribution in [1.82, 2.24) is 4.90 Å². The fraction of sp³-hybridized carbons (Fsp3) is 0.417. The molecule has 0 spiro atoms. The van der Waals surface area contributed by atoms with Crippen LogP contribution >= 0.6 is 0 Å². The Labute approximate surface area is 90.3 Å². The lowest BCUT2D eigenvalue weighted by atomic mass is 10.3. The minimum Gasteiger partial charge on any atom is -0.357 e. The first-order valence-electron chi connectivity index (χ1n) is 5.31. The molecular weight excluding hydrogens is 188 g/mol. The summed E-state index contributed by atoms with van der Waals surface area (Å²) >= 11 is 0. The van der Waals surface area contributed by atoms with E-state index >= 15 is 0 Å². The molecule has 0 unspecified atom stereocenters. The molecule has 80 valence electrons. The Morgan fingerprint density at radius 1 is 1.33 bits per heavy atom. The molecule has 0 aliphatic carbocycles. The maximum Gasteiger partial charge on any atom is 0.224 e. The molecule has 1 aliphatic heterocycles. The van der Waals surface area contributed by atoms with E-state index < -0.39 is 0 Å². The van der Waals surface area contributed by atoms with Crippen LogP contribution in [0.4, 0.5) is 5.69 Å². The molecule has 15 heavy (non-hydrogen) atoms. The minimum atomic E-state index is 0.276. The van der Waals surface area contributed by atoms with Crippen LogP contribution in [-0.2, 0) is 4.79 Å². The van der Waals surface area contributed by atoms with E-state index in [1.165, 1.54) is 0 Å². The molecule has 0 bridgehead atoms. The third kappa shape index (κ3) is 2.29. The standard InChI is InChI=1S/C12H16N2O/c1-13(11-6-3-2-4-7-11)10-14-9-5-8-12(14)15/h2-4,6-7H,5,8-10H2,1H3. The van der Waals surface area contributed by atoms with Crippen LogP contribution in [0.15, 0.2) is 30.3 Å². The number of nitrogens with zero attached hydrogens (tertiary/aromatic N) is 2. The molecule has 1 amide bonds. The van der Waals surface area contributed by atoms with Crippen LogP contribution in [-0.4, -0.2) is 31.1 Å². The highest BCUT2D eigenvalue weighted by molar-refractivity contribution is 5.78. The Bertz CT molecular complexity index is 337. The van der Waals surface area contributed by atoms with E-state index in [1.54, 1.807) is 0 Å². The fourth-order valence-corrected chi connectivity index (χ4v) is 1.87. The smallest absolute Gasteiger partial charge is 0.224 e. The van der Waals surface area contributed by atoms with Crippen molar-refractivity contribution in [3.8, 4) is 0 Å². The molecule has 2 rings (SSSR count). The van der Waals surface area contributed by atoms with Crippen molar-refractivity contribution < 1.29 is 4.79 Å². The van der Waals surface area contributed by atoms with E-state index in [4.69, 9.17) is 0 Å². The van der Waals surface area contributed by atoms with Gasteiger partial charge in [0.15, 0.2) is 0 Å². The summed E-state index contributed by atoms with van der Waals surface area (Å²) in [6, 6.07) is 10.1. The molecule has 0 aromatic heterocycles. The predicted molar refractivity (Wildman–Crippen MR) is 60.7 cm³/mol. The summed E-state index contributed by atoms with van der Waals surface area (Å²) in [5.74, 6) is 0.276. The van der Waals surface area contributed by atoms with Gasteiger partial charge in [-0.3, -0.25) is 4.79 Å². The van der Waals surface area contributed by atoms with Crippen LogP contribution in [0.5, 0.6) is 0 Å². The zero-order valence-electron chi connectivity index (χ0n) is 9.02. The van der Waals surface area contributed by atoms with Crippen molar-refractivity contribution >= 4 is 11.6 Å². The van der Waals surface area contributed by atoms with Crippen LogP contribution in [0.25, 0.3) is 0 Å². The van der Waals surface area contributed by atoms with Gasteiger partial charge in [-0.2, -0.15) is 0 Å². The summed E-state index contributed by atoms with van der Waals surface area (Å²) in [5, 5.41) is 0. The van der Waals surface area contributed by atoms with Crippen LogP contribution < -0.4 is 4.90 Å². The van der Waals surface area contributed by atoms with Crippen LogP contribution in [0.1, 0.15) is 12.8 Å². The monoisotopic (exact) mass is 204 g/mol. The maximum absolute atomic E-state index is 11.4. The Balaban J connectivity index is 1.98. The van der Waals surface area contributed by atoms with Gasteiger partial charge >= 0.3 is 0 Å². The number of amides is 1. The molecule has 0 radical (unpaired) electrons. The number of anilines is 1. The third-order valence-electron chi connectivity index (χ3n) is 2.75. The zero-order chi connectivity index (χ0) is 10.7. The van der Waals surface area contributed by atoms with Crippen LogP contribution in [0, 0.1) is 0 Å². The lowest BCUT2D eigenvalue weighted by Gasteiger charge is -2.25. The quantitative estimate of drug-likeness (QED) is 0.748. The highest BCUT2D eigenvalue weighted by Crippen LogP contribution is 2.15. The average Bonchev–Trinajstić information content (AvgIpc) is 2.66. The van der Waals surface area contributed by atoms with Gasteiger partial charge in [-0.05, 0) is 18.6 Å². The molecule has 0 N–H and O–H groups in total. The van der Waals surface area contributed by atoms with Gasteiger partial charge in [-0.25, -0.2) is 0 Å². The summed E-state index contributed by atoms with van der Waals surface area (Å²) < 4.78 is 0. The van der Waals surface area contributed by atoms with Crippen molar-refractivity contribution in [1.29, 1.82) is 0 Å². The Hall–Kier alpha value is -1.51. The van der Waals surface area contributed by atoms with E-state index in [0.29, 0.717) is 13.1 Å². The van der Waals surface area contributed by atoms with Crippen LogP contribution in [0.3, 0.4) is 0 Å². The SMILES string of the molecule is CN(CN1CCCC1=O)c1ccccc1. The van der Waals surface area contributed by atoms with E-state index in [9.17, 15) is 4.79 Å². The summed E-state index contributed by atoms with van der Waals surface area (Å²) in [5.41, 5.74) is 1.15. The molecule has 0 saturated carbocycles. The fourth-order valence-electron chi connectivity index (χ4n) is 1.87. The van der Waals surface area contributed by atoms with Crippen molar-refractivity contribution in [2.24, 2.45) is 0 Å². The summed E-state index contributed by atoms with van der Waals surface area (Å²) in [6.45, 7) is 1.60. The van der Waals surface area contributed by atoms with Crippen molar-refractivity contribution in [2.45, 2.75) is 12.8 Å². The van der Waals surface area contributed by atoms with Crippen LogP contribution in [0.2, 0.25) is 0 Å². The Morgan fingerprint density at radius 3 is 2.67 bits per heavy atom. The third-order valence-corrected chi connectivity index (χ3v) is 2.75. The molecule has 1 fully saturated rings. The number of hydrogen-bond donors (Lipinski definition) is 0. The molecule has 0 atom stereocenters. The number of rotatable bonds is 3. The number of para-hydroxylation sites is 1. The molecule has 1 aliphatic rings. The number of carbonyl (C=O) groups excluding carboxylic acids is 1. The summed E-state index contributed by atoms with van der Waals surface area (Å²) in [4.78, 5) is 15.5. The minimum absolute atomic E-state index is 0.276. The number of carbonyl (C=O) groups is 1. The van der Waals surface area contributed by atoms with Gasteiger partial charge in [0.05, 0.1) is 6.67 Å². The highest BCUT2D eigenvalue weighted by atomic mass is 16.2. The van der Waals surface area contributed by atoms with E-state index in [-0.39, 0.29) is 5.91 Å². The molecule has 3 heteroatoms. The highest BCUT2D eigenvalue weighted by Gasteiger charge is 2.20. The number of hydrogen-bond acceptors (Lipinski definition) is 2. The predicted octanol–water partition coefficient (Wildman–Crippen LogP) is 1.70. The first-order chi connectivity index (χ1) is 7.27. The van der Waals surface area contributed by atoms with Crippen molar-refractivity contribution in [2.75, 3.05) is 25.2 Å². The lowest BCUT2D eigenvalue weighted by molar-refractivity contribution is -0.127. The van der Waals surface area contributed by atoms with Gasteiger partial charge in [0, 0.05) is 25.7 Å². The second-order valence-corrected chi connectivity index (χ2v) is 3.94. The Kier molecular flexibility index (Phi) is 2.90. The second kappa shape index (κ2) is 4.34. The van der Waals surface area contributed by atoms with Gasteiger partial charge in [0.1, 0.15) is 0 Å². The maximum atomic E-state index is 11.4. The molecule has 1 heterocycles. The first-order valence-corrected chi connectivity index (χ1v) is 5.31. The summed E-state index contributed by atoms with van der Waals surface area (Å²) in [6.07, 6.45) is 1.71. The average molecular weight is 204 g/mol. The number of likely N-dealkylation sites (tertiary alicyclic amines) is 1. The van der Waals surface area contributed by atoms with Gasteiger partial charge in [0.2, 0.25) is 5.91 Å². The Morgan fingerprint density at radius 2 is 2.07 bits per heavy atom. The normalized spacial score (nSPS) is 15.8. The van der Waals surface area contributed by atoms with Crippen molar-refractivity contribution in [3.05, 3.63) is 30.3 Å². The van der Waals surface area contributed by atoms with Gasteiger partial charge in [0.25, 0.3) is 0 Å². The zero-order valence-corrected chi connectivity index (χ0v) is 9.02. The largest absolute Gasteiger partial charge is 0.357 e. The molecule has 1 aromatic rings. The van der Waals surface area contributed by atoms with Crippen molar-refractivity contribution in [3.63, 3.8) is 0 Å². The van der Waals surface area contributed by atoms with E-state index in [0.717, 1.165) is 18.7 Å².